The Hall–Kier alpha value is -0.940. The van der Waals surface area contributed by atoms with Crippen LogP contribution in [0.2, 0.25) is 0 Å². The van der Waals surface area contributed by atoms with Gasteiger partial charge in [-0.05, 0) is 24.7 Å². The molecule has 0 spiro atoms. The van der Waals surface area contributed by atoms with Crippen molar-refractivity contribution < 1.29 is 0 Å². The minimum absolute atomic E-state index is 0.0950. The van der Waals surface area contributed by atoms with Crippen molar-refractivity contribution in [1.82, 2.24) is 9.97 Å². The molecular formula is C9H10N2OS2. The Kier molecular flexibility index (Phi) is 2.52. The number of hydrogen-bond acceptors (Lipinski definition) is 3. The zero-order chi connectivity index (χ0) is 10.1. The molecule has 5 heteroatoms. The van der Waals surface area contributed by atoms with E-state index in [2.05, 4.69) is 16.9 Å². The van der Waals surface area contributed by atoms with E-state index in [1.807, 2.05) is 6.07 Å². The normalized spacial score (nSPS) is 10.9. The molecular weight excluding hydrogens is 216 g/mol. The Labute approximate surface area is 89.8 Å². The first-order chi connectivity index (χ1) is 6.70. The van der Waals surface area contributed by atoms with E-state index in [9.17, 15) is 4.79 Å². The predicted octanol–water partition coefficient (Wildman–Crippen LogP) is 2.60. The summed E-state index contributed by atoms with van der Waals surface area (Å²) in [6.45, 7) is 2.12. The van der Waals surface area contributed by atoms with Gasteiger partial charge in [0, 0.05) is 4.88 Å². The molecule has 2 aromatic heterocycles. The van der Waals surface area contributed by atoms with Gasteiger partial charge >= 0.3 is 0 Å². The molecule has 0 aromatic carbocycles. The molecule has 2 rings (SSSR count). The predicted molar refractivity (Wildman–Crippen MR) is 61.6 cm³/mol. The van der Waals surface area contributed by atoms with Gasteiger partial charge in [0.25, 0.3) is 5.56 Å². The molecule has 74 valence electrons. The summed E-state index contributed by atoms with van der Waals surface area (Å²) in [7, 11) is 0. The first-order valence-electron chi connectivity index (χ1n) is 4.45. The maximum absolute atomic E-state index is 11.5. The summed E-state index contributed by atoms with van der Waals surface area (Å²) >= 11 is 6.50. The number of rotatable bonds is 2. The van der Waals surface area contributed by atoms with Gasteiger partial charge in [0.1, 0.15) is 4.83 Å². The van der Waals surface area contributed by atoms with E-state index >= 15 is 0 Å². The topological polar surface area (TPSA) is 48.6 Å². The van der Waals surface area contributed by atoms with Crippen LogP contribution >= 0.6 is 23.6 Å². The fourth-order valence-corrected chi connectivity index (χ4v) is 2.80. The van der Waals surface area contributed by atoms with Gasteiger partial charge in [0.15, 0.2) is 4.77 Å². The van der Waals surface area contributed by atoms with Crippen LogP contribution in [0, 0.1) is 4.77 Å². The molecule has 3 nitrogen and oxygen atoms in total. The summed E-state index contributed by atoms with van der Waals surface area (Å²) in [6, 6.07) is 1.94. The average Bonchev–Trinajstić information content (AvgIpc) is 2.48. The fourth-order valence-electron chi connectivity index (χ4n) is 1.38. The summed E-state index contributed by atoms with van der Waals surface area (Å²) in [5.41, 5.74) is -0.0950. The largest absolute Gasteiger partial charge is 0.323 e. The smallest absolute Gasteiger partial charge is 0.260 e. The van der Waals surface area contributed by atoms with Crippen molar-refractivity contribution in [2.24, 2.45) is 0 Å². The van der Waals surface area contributed by atoms with Crippen molar-refractivity contribution in [3.63, 3.8) is 0 Å². The number of aromatic amines is 2. The molecule has 2 heterocycles. The number of aryl methyl sites for hydroxylation is 1. The highest BCUT2D eigenvalue weighted by Gasteiger charge is 2.04. The Morgan fingerprint density at radius 2 is 2.29 bits per heavy atom. The van der Waals surface area contributed by atoms with E-state index in [1.165, 1.54) is 4.88 Å². The van der Waals surface area contributed by atoms with E-state index in [0.717, 1.165) is 17.7 Å². The number of hydrogen-bond donors (Lipinski definition) is 2. The third-order valence-electron chi connectivity index (χ3n) is 1.98. The van der Waals surface area contributed by atoms with Crippen LogP contribution in [-0.4, -0.2) is 9.97 Å². The summed E-state index contributed by atoms with van der Waals surface area (Å²) in [6.07, 6.45) is 2.10. The van der Waals surface area contributed by atoms with Gasteiger partial charge in [-0.25, -0.2) is 0 Å². The zero-order valence-electron chi connectivity index (χ0n) is 7.72. The van der Waals surface area contributed by atoms with Crippen molar-refractivity contribution in [2.45, 2.75) is 19.8 Å². The van der Waals surface area contributed by atoms with Crippen molar-refractivity contribution >= 4 is 33.8 Å². The Balaban J connectivity index is 2.71. The molecule has 0 saturated carbocycles. The minimum Gasteiger partial charge on any atom is -0.323 e. The summed E-state index contributed by atoms with van der Waals surface area (Å²) in [4.78, 5) is 19.2. The lowest BCUT2D eigenvalue weighted by atomic mass is 10.2. The molecule has 2 aromatic rings. The Bertz CT molecular complexity index is 564. The molecule has 0 aliphatic carbocycles. The van der Waals surface area contributed by atoms with E-state index in [-0.39, 0.29) is 5.56 Å². The fraction of sp³-hybridized carbons (Fsp3) is 0.333. The third kappa shape index (κ3) is 1.65. The second kappa shape index (κ2) is 3.67. The standard InChI is InChI=1S/C9H10N2OS2/c1-2-3-5-4-6-7(12)10-9(13)11-8(6)14-5/h4H,2-3H2,1H3,(H2,10,11,12,13). The number of H-pyrrole nitrogens is 2. The molecule has 0 aliphatic rings. The second-order valence-electron chi connectivity index (χ2n) is 3.11. The highest BCUT2D eigenvalue weighted by molar-refractivity contribution is 7.71. The third-order valence-corrected chi connectivity index (χ3v) is 3.29. The summed E-state index contributed by atoms with van der Waals surface area (Å²) in [5.74, 6) is 0. The highest BCUT2D eigenvalue weighted by Crippen LogP contribution is 2.21. The molecule has 0 saturated heterocycles. The number of nitrogens with one attached hydrogen (secondary N) is 2. The molecule has 0 bridgehead atoms. The van der Waals surface area contributed by atoms with E-state index in [4.69, 9.17) is 12.2 Å². The Morgan fingerprint density at radius 1 is 1.50 bits per heavy atom. The second-order valence-corrected chi connectivity index (χ2v) is 4.66. The van der Waals surface area contributed by atoms with Crippen molar-refractivity contribution in [2.75, 3.05) is 0 Å². The SMILES string of the molecule is CCCc1cc2c(=O)[nH]c(=S)[nH]c2s1. The number of aromatic nitrogens is 2. The van der Waals surface area contributed by atoms with Crippen molar-refractivity contribution in [3.8, 4) is 0 Å². The molecule has 0 unspecified atom stereocenters. The van der Waals surface area contributed by atoms with Crippen LogP contribution < -0.4 is 5.56 Å². The molecule has 0 radical (unpaired) electrons. The quantitative estimate of drug-likeness (QED) is 0.773. The molecule has 2 N–H and O–H groups in total. The van der Waals surface area contributed by atoms with Crippen LogP contribution in [0.25, 0.3) is 10.2 Å². The first kappa shape index (κ1) is 9.61. The lowest BCUT2D eigenvalue weighted by Crippen LogP contribution is -2.05. The molecule has 0 aliphatic heterocycles. The van der Waals surface area contributed by atoms with Crippen molar-refractivity contribution in [1.29, 1.82) is 0 Å². The maximum atomic E-state index is 11.5. The van der Waals surface area contributed by atoms with Gasteiger partial charge in [-0.15, -0.1) is 11.3 Å². The number of thiophene rings is 1. The lowest BCUT2D eigenvalue weighted by molar-refractivity contribution is 0.940. The van der Waals surface area contributed by atoms with Gasteiger partial charge in [-0.1, -0.05) is 13.3 Å². The van der Waals surface area contributed by atoms with Gasteiger partial charge in [-0.2, -0.15) is 0 Å². The van der Waals surface area contributed by atoms with Gasteiger partial charge in [-0.3, -0.25) is 9.78 Å². The highest BCUT2D eigenvalue weighted by atomic mass is 32.1. The van der Waals surface area contributed by atoms with E-state index < -0.39 is 0 Å². The maximum Gasteiger partial charge on any atom is 0.260 e. The van der Waals surface area contributed by atoms with Crippen LogP contribution in [0.1, 0.15) is 18.2 Å². The van der Waals surface area contributed by atoms with Crippen LogP contribution in [0.4, 0.5) is 0 Å². The van der Waals surface area contributed by atoms with Gasteiger partial charge in [0.05, 0.1) is 5.39 Å². The van der Waals surface area contributed by atoms with Crippen LogP contribution in [0.15, 0.2) is 10.9 Å². The molecule has 14 heavy (non-hydrogen) atoms. The molecule has 0 fully saturated rings. The monoisotopic (exact) mass is 226 g/mol. The van der Waals surface area contributed by atoms with Gasteiger partial charge < -0.3 is 4.98 Å². The average molecular weight is 226 g/mol. The first-order valence-corrected chi connectivity index (χ1v) is 5.68. The zero-order valence-corrected chi connectivity index (χ0v) is 9.35. The Morgan fingerprint density at radius 3 is 3.00 bits per heavy atom. The van der Waals surface area contributed by atoms with E-state index in [0.29, 0.717) is 10.2 Å². The minimum atomic E-state index is -0.0950. The lowest BCUT2D eigenvalue weighted by Gasteiger charge is -1.87. The number of fused-ring (bicyclic) bond motifs is 1. The van der Waals surface area contributed by atoms with Gasteiger partial charge in [0.2, 0.25) is 0 Å². The van der Waals surface area contributed by atoms with Crippen LogP contribution in [0.3, 0.4) is 0 Å². The molecule has 0 atom stereocenters. The summed E-state index contributed by atoms with van der Waals surface area (Å²) in [5, 5.41) is 0.715. The van der Waals surface area contributed by atoms with Crippen LogP contribution in [-0.2, 0) is 6.42 Å². The summed E-state index contributed by atoms with van der Waals surface area (Å²) < 4.78 is 0.396. The van der Waals surface area contributed by atoms with Crippen LogP contribution in [0.5, 0.6) is 0 Å². The molecule has 0 amide bonds. The van der Waals surface area contributed by atoms with Crippen molar-refractivity contribution in [3.05, 3.63) is 26.1 Å². The van der Waals surface area contributed by atoms with E-state index in [1.54, 1.807) is 11.3 Å².